The first kappa shape index (κ1) is 14.5. The third-order valence-corrected chi connectivity index (χ3v) is 4.26. The van der Waals surface area contributed by atoms with E-state index in [1.165, 1.54) is 5.39 Å². The Morgan fingerprint density at radius 1 is 0.833 bits per heavy atom. The van der Waals surface area contributed by atoms with Crippen LogP contribution in [0.5, 0.6) is 5.75 Å². The molecule has 0 N–H and O–H groups in total. The number of aromatic nitrogens is 1. The molecule has 4 aromatic rings. The van der Waals surface area contributed by atoms with E-state index >= 15 is 0 Å². The molecule has 4 rings (SSSR count). The third kappa shape index (κ3) is 2.54. The van der Waals surface area contributed by atoms with E-state index in [9.17, 15) is 4.79 Å². The van der Waals surface area contributed by atoms with Crippen molar-refractivity contribution >= 4 is 28.1 Å². The van der Waals surface area contributed by atoms with Gasteiger partial charge in [-0.15, -0.1) is 0 Å². The second-order valence-electron chi connectivity index (χ2n) is 5.72. The molecule has 0 saturated heterocycles. The number of nitrogens with zero attached hydrogens (tertiary/aromatic N) is 1. The van der Waals surface area contributed by atoms with Crippen molar-refractivity contribution in [2.75, 3.05) is 6.61 Å². The highest BCUT2D eigenvalue weighted by Gasteiger charge is 2.10. The molecule has 0 atom stereocenters. The lowest BCUT2D eigenvalue weighted by molar-refractivity contribution is 0.112. The van der Waals surface area contributed by atoms with Gasteiger partial charge < -0.3 is 9.30 Å². The van der Waals surface area contributed by atoms with E-state index < -0.39 is 0 Å². The highest BCUT2D eigenvalue weighted by molar-refractivity contribution is 6.09. The van der Waals surface area contributed by atoms with E-state index in [1.807, 2.05) is 60.7 Å². The fraction of sp³-hybridized carbons (Fsp3) is 0.0952. The van der Waals surface area contributed by atoms with Crippen molar-refractivity contribution in [3.05, 3.63) is 78.4 Å². The van der Waals surface area contributed by atoms with E-state index in [4.69, 9.17) is 4.74 Å². The highest BCUT2D eigenvalue weighted by Crippen LogP contribution is 2.29. The predicted molar refractivity (Wildman–Crippen MR) is 96.8 cm³/mol. The molecule has 1 heterocycles. The molecule has 3 nitrogen and oxygen atoms in total. The van der Waals surface area contributed by atoms with E-state index in [0.29, 0.717) is 12.2 Å². The van der Waals surface area contributed by atoms with E-state index in [1.54, 1.807) is 0 Å². The van der Waals surface area contributed by atoms with Gasteiger partial charge in [0.1, 0.15) is 18.6 Å². The molecule has 0 aliphatic rings. The standard InChI is InChI=1S/C21H17NO2/c23-15-16-10-11-19-18-8-4-5-9-20(18)22(21(19)14-16)12-13-24-17-6-2-1-3-7-17/h1-11,14-15H,12-13H2. The molecule has 118 valence electrons. The smallest absolute Gasteiger partial charge is 0.150 e. The van der Waals surface area contributed by atoms with Gasteiger partial charge in [0.25, 0.3) is 0 Å². The summed E-state index contributed by atoms with van der Waals surface area (Å²) in [6.45, 7) is 1.30. The molecule has 0 aliphatic heterocycles. The fourth-order valence-corrected chi connectivity index (χ4v) is 3.15. The number of carbonyl (C=O) groups is 1. The van der Waals surface area contributed by atoms with Gasteiger partial charge in [-0.3, -0.25) is 4.79 Å². The number of benzene rings is 3. The first-order valence-corrected chi connectivity index (χ1v) is 8.01. The summed E-state index contributed by atoms with van der Waals surface area (Å²) >= 11 is 0. The molecule has 0 fully saturated rings. The van der Waals surface area contributed by atoms with Crippen LogP contribution >= 0.6 is 0 Å². The van der Waals surface area contributed by atoms with Crippen LogP contribution in [0.3, 0.4) is 0 Å². The highest BCUT2D eigenvalue weighted by atomic mass is 16.5. The maximum absolute atomic E-state index is 11.1. The van der Waals surface area contributed by atoms with Crippen LogP contribution in [-0.2, 0) is 6.54 Å². The number of carbonyl (C=O) groups excluding carboxylic acids is 1. The number of hydrogen-bond donors (Lipinski definition) is 0. The number of fused-ring (bicyclic) bond motifs is 3. The average Bonchev–Trinajstić information content (AvgIpc) is 2.96. The van der Waals surface area contributed by atoms with Crippen molar-refractivity contribution in [1.82, 2.24) is 4.57 Å². The van der Waals surface area contributed by atoms with Gasteiger partial charge in [0.2, 0.25) is 0 Å². The minimum absolute atomic E-state index is 0.573. The van der Waals surface area contributed by atoms with Crippen LogP contribution in [0.1, 0.15) is 10.4 Å². The monoisotopic (exact) mass is 315 g/mol. The lowest BCUT2D eigenvalue weighted by atomic mass is 10.1. The fourth-order valence-electron chi connectivity index (χ4n) is 3.15. The molecule has 0 bridgehead atoms. The Morgan fingerprint density at radius 3 is 2.42 bits per heavy atom. The molecular weight excluding hydrogens is 298 g/mol. The number of aldehydes is 1. The van der Waals surface area contributed by atoms with Gasteiger partial charge in [0, 0.05) is 27.4 Å². The zero-order valence-electron chi connectivity index (χ0n) is 13.2. The van der Waals surface area contributed by atoms with E-state index in [2.05, 4.69) is 16.7 Å². The maximum atomic E-state index is 11.1. The summed E-state index contributed by atoms with van der Waals surface area (Å²) in [7, 11) is 0. The summed E-state index contributed by atoms with van der Waals surface area (Å²) in [6, 6.07) is 24.0. The quantitative estimate of drug-likeness (QED) is 0.500. The Balaban J connectivity index is 1.73. The zero-order chi connectivity index (χ0) is 16.4. The van der Waals surface area contributed by atoms with Gasteiger partial charge in [-0.25, -0.2) is 0 Å². The van der Waals surface area contributed by atoms with Gasteiger partial charge in [-0.2, -0.15) is 0 Å². The topological polar surface area (TPSA) is 31.2 Å². The van der Waals surface area contributed by atoms with Crippen LogP contribution in [0, 0.1) is 0 Å². The van der Waals surface area contributed by atoms with Crippen LogP contribution in [0.25, 0.3) is 21.8 Å². The number of ether oxygens (including phenoxy) is 1. The minimum atomic E-state index is 0.573. The molecule has 0 amide bonds. The Morgan fingerprint density at radius 2 is 1.58 bits per heavy atom. The first-order chi connectivity index (χ1) is 11.9. The Kier molecular flexibility index (Phi) is 3.75. The summed E-state index contributed by atoms with van der Waals surface area (Å²) in [5, 5.41) is 2.36. The molecule has 0 unspecified atom stereocenters. The second-order valence-corrected chi connectivity index (χ2v) is 5.72. The average molecular weight is 315 g/mol. The third-order valence-electron chi connectivity index (χ3n) is 4.26. The van der Waals surface area contributed by atoms with E-state index in [-0.39, 0.29) is 0 Å². The van der Waals surface area contributed by atoms with Crippen molar-refractivity contribution in [1.29, 1.82) is 0 Å². The SMILES string of the molecule is O=Cc1ccc2c3ccccc3n(CCOc3ccccc3)c2c1. The van der Waals surface area contributed by atoms with Gasteiger partial charge in [-0.05, 0) is 24.3 Å². The zero-order valence-corrected chi connectivity index (χ0v) is 13.2. The second kappa shape index (κ2) is 6.20. The molecule has 0 saturated carbocycles. The molecule has 24 heavy (non-hydrogen) atoms. The lowest BCUT2D eigenvalue weighted by Crippen LogP contribution is -2.08. The molecule has 3 aromatic carbocycles. The normalized spacial score (nSPS) is 11.0. The Labute approximate surface area is 140 Å². The summed E-state index contributed by atoms with van der Waals surface area (Å²) in [4.78, 5) is 11.1. The maximum Gasteiger partial charge on any atom is 0.150 e. The van der Waals surface area contributed by atoms with E-state index in [0.717, 1.165) is 35.0 Å². The molecule has 0 aliphatic carbocycles. The van der Waals surface area contributed by atoms with Gasteiger partial charge in [0.05, 0.1) is 6.54 Å². The van der Waals surface area contributed by atoms with Gasteiger partial charge in [0.15, 0.2) is 0 Å². The largest absolute Gasteiger partial charge is 0.492 e. The lowest BCUT2D eigenvalue weighted by Gasteiger charge is -2.09. The first-order valence-electron chi connectivity index (χ1n) is 8.01. The van der Waals surface area contributed by atoms with Crippen molar-refractivity contribution in [2.45, 2.75) is 6.54 Å². The predicted octanol–water partition coefficient (Wildman–Crippen LogP) is 4.69. The van der Waals surface area contributed by atoms with Crippen molar-refractivity contribution in [2.24, 2.45) is 0 Å². The molecule has 3 heteroatoms. The van der Waals surface area contributed by atoms with Crippen LogP contribution in [-0.4, -0.2) is 17.5 Å². The molecule has 1 aromatic heterocycles. The van der Waals surface area contributed by atoms with Gasteiger partial charge >= 0.3 is 0 Å². The summed E-state index contributed by atoms with van der Waals surface area (Å²) in [5.41, 5.74) is 2.92. The van der Waals surface area contributed by atoms with Crippen molar-refractivity contribution in [3.63, 3.8) is 0 Å². The van der Waals surface area contributed by atoms with Crippen molar-refractivity contribution in [3.8, 4) is 5.75 Å². The van der Waals surface area contributed by atoms with Crippen LogP contribution < -0.4 is 4.74 Å². The van der Waals surface area contributed by atoms with Gasteiger partial charge in [-0.1, -0.05) is 48.5 Å². The molecule has 0 radical (unpaired) electrons. The van der Waals surface area contributed by atoms with Crippen LogP contribution in [0.4, 0.5) is 0 Å². The van der Waals surface area contributed by atoms with Crippen LogP contribution in [0.15, 0.2) is 72.8 Å². The summed E-state index contributed by atoms with van der Waals surface area (Å²) in [6.07, 6.45) is 0.891. The number of hydrogen-bond acceptors (Lipinski definition) is 2. The Bertz CT molecular complexity index is 1000. The van der Waals surface area contributed by atoms with Crippen LogP contribution in [0.2, 0.25) is 0 Å². The summed E-state index contributed by atoms with van der Waals surface area (Å²) in [5.74, 6) is 0.867. The minimum Gasteiger partial charge on any atom is -0.492 e. The van der Waals surface area contributed by atoms with Crippen molar-refractivity contribution < 1.29 is 9.53 Å². The number of rotatable bonds is 5. The molecule has 0 spiro atoms. The number of para-hydroxylation sites is 2. The Hall–Kier alpha value is -3.07. The summed E-state index contributed by atoms with van der Waals surface area (Å²) < 4.78 is 8.07. The molecular formula is C21H17NO2.